The van der Waals surface area contributed by atoms with E-state index in [1.165, 1.54) is 0 Å². The number of likely N-dealkylation sites (N-methyl/N-ethyl adjacent to an activating group) is 1. The van der Waals surface area contributed by atoms with Crippen LogP contribution in [-0.4, -0.2) is 65.8 Å². The zero-order chi connectivity index (χ0) is 17.4. The smallest absolute Gasteiger partial charge is 0.225 e. The summed E-state index contributed by atoms with van der Waals surface area (Å²) >= 11 is 0. The van der Waals surface area contributed by atoms with Crippen LogP contribution in [0.15, 0.2) is 22.8 Å². The van der Waals surface area contributed by atoms with Crippen LogP contribution < -0.4 is 0 Å². The molecule has 136 valence electrons. The van der Waals surface area contributed by atoms with E-state index in [0.29, 0.717) is 18.2 Å². The van der Waals surface area contributed by atoms with Gasteiger partial charge >= 0.3 is 0 Å². The standard InChI is InChI=1S/C19H27N3O3/c1-20-17-13-22(9-6-15(17)11-18(20)23)19(24)14-4-7-21(8-5-14)12-16-3-2-10-25-16/h2-3,10,14-15,17H,4-9,11-13H2,1H3/t15-,17-/m1/s1. The largest absolute Gasteiger partial charge is 0.468 e. The van der Waals surface area contributed by atoms with Crippen molar-refractivity contribution in [1.29, 1.82) is 0 Å². The SMILES string of the molecule is CN1C(=O)C[C@H]2CCN(C(=O)C3CCN(Cc4ccco4)CC3)C[C@H]21. The molecule has 2 amide bonds. The first kappa shape index (κ1) is 16.6. The van der Waals surface area contributed by atoms with Gasteiger partial charge in [-0.2, -0.15) is 0 Å². The summed E-state index contributed by atoms with van der Waals surface area (Å²) in [5.74, 6) is 2.09. The molecule has 1 aromatic heterocycles. The van der Waals surface area contributed by atoms with E-state index in [0.717, 1.165) is 57.7 Å². The van der Waals surface area contributed by atoms with E-state index in [1.54, 1.807) is 6.26 Å². The van der Waals surface area contributed by atoms with Gasteiger partial charge < -0.3 is 14.2 Å². The molecule has 0 N–H and O–H groups in total. The van der Waals surface area contributed by atoms with Crippen LogP contribution in [0.25, 0.3) is 0 Å². The number of hydrogen-bond acceptors (Lipinski definition) is 4. The van der Waals surface area contributed by atoms with Gasteiger partial charge in [0.25, 0.3) is 0 Å². The Morgan fingerprint density at radius 3 is 2.76 bits per heavy atom. The number of piperidine rings is 2. The lowest BCUT2D eigenvalue weighted by molar-refractivity contribution is -0.140. The van der Waals surface area contributed by atoms with E-state index in [4.69, 9.17) is 4.42 Å². The topological polar surface area (TPSA) is 57.0 Å². The van der Waals surface area contributed by atoms with E-state index >= 15 is 0 Å². The van der Waals surface area contributed by atoms with Crippen LogP contribution in [0.1, 0.15) is 31.4 Å². The maximum Gasteiger partial charge on any atom is 0.225 e. The predicted octanol–water partition coefficient (Wildman–Crippen LogP) is 1.57. The molecule has 6 heteroatoms. The molecule has 2 atom stereocenters. The van der Waals surface area contributed by atoms with E-state index in [9.17, 15) is 9.59 Å². The van der Waals surface area contributed by atoms with Gasteiger partial charge in [-0.1, -0.05) is 0 Å². The van der Waals surface area contributed by atoms with E-state index in [2.05, 4.69) is 4.90 Å². The molecule has 0 aromatic carbocycles. The summed E-state index contributed by atoms with van der Waals surface area (Å²) in [6, 6.07) is 4.14. The predicted molar refractivity (Wildman–Crippen MR) is 92.6 cm³/mol. The Labute approximate surface area is 148 Å². The molecule has 0 spiro atoms. The molecule has 0 bridgehead atoms. The molecule has 4 heterocycles. The number of furan rings is 1. The Morgan fingerprint density at radius 1 is 1.24 bits per heavy atom. The molecular formula is C19H27N3O3. The average Bonchev–Trinajstić information content (AvgIpc) is 3.23. The van der Waals surface area contributed by atoms with Crippen molar-refractivity contribution in [2.45, 2.75) is 38.3 Å². The van der Waals surface area contributed by atoms with Crippen molar-refractivity contribution < 1.29 is 14.0 Å². The van der Waals surface area contributed by atoms with Gasteiger partial charge in [0.05, 0.1) is 18.8 Å². The first-order chi connectivity index (χ1) is 12.1. The van der Waals surface area contributed by atoms with Crippen LogP contribution >= 0.6 is 0 Å². The highest BCUT2D eigenvalue weighted by Gasteiger charge is 2.43. The van der Waals surface area contributed by atoms with Gasteiger partial charge in [-0.15, -0.1) is 0 Å². The highest BCUT2D eigenvalue weighted by atomic mass is 16.3. The maximum atomic E-state index is 12.9. The molecule has 0 saturated carbocycles. The van der Waals surface area contributed by atoms with Gasteiger partial charge in [0, 0.05) is 32.5 Å². The molecule has 6 nitrogen and oxygen atoms in total. The molecule has 3 aliphatic heterocycles. The molecular weight excluding hydrogens is 318 g/mol. The second kappa shape index (κ2) is 6.83. The summed E-state index contributed by atoms with van der Waals surface area (Å²) in [4.78, 5) is 31.1. The number of fused-ring (bicyclic) bond motifs is 1. The number of amides is 2. The minimum absolute atomic E-state index is 0.131. The number of carbonyl (C=O) groups is 2. The van der Waals surface area contributed by atoms with Crippen LogP contribution in [0.5, 0.6) is 0 Å². The second-order valence-electron chi connectivity index (χ2n) is 7.74. The third kappa shape index (κ3) is 3.32. The molecule has 0 radical (unpaired) electrons. The van der Waals surface area contributed by atoms with E-state index in [1.807, 2.05) is 29.0 Å². The molecule has 0 unspecified atom stereocenters. The van der Waals surface area contributed by atoms with E-state index in [-0.39, 0.29) is 17.9 Å². The summed E-state index contributed by atoms with van der Waals surface area (Å²) in [5, 5.41) is 0. The minimum Gasteiger partial charge on any atom is -0.468 e. The van der Waals surface area contributed by atoms with Crippen LogP contribution in [0.4, 0.5) is 0 Å². The lowest BCUT2D eigenvalue weighted by atomic mass is 9.89. The monoisotopic (exact) mass is 345 g/mol. The highest BCUT2D eigenvalue weighted by molar-refractivity contribution is 5.81. The van der Waals surface area contributed by atoms with Gasteiger partial charge in [0.15, 0.2) is 0 Å². The van der Waals surface area contributed by atoms with Gasteiger partial charge in [-0.05, 0) is 50.4 Å². The van der Waals surface area contributed by atoms with Crippen molar-refractivity contribution in [3.05, 3.63) is 24.2 Å². The average molecular weight is 345 g/mol. The molecule has 4 rings (SSSR count). The Kier molecular flexibility index (Phi) is 4.54. The van der Waals surface area contributed by atoms with Crippen molar-refractivity contribution in [3.8, 4) is 0 Å². The quantitative estimate of drug-likeness (QED) is 0.834. The summed E-state index contributed by atoms with van der Waals surface area (Å²) in [7, 11) is 1.88. The van der Waals surface area contributed by atoms with Gasteiger partial charge in [-0.25, -0.2) is 0 Å². The maximum absolute atomic E-state index is 12.9. The normalized spacial score (nSPS) is 28.4. The Balaban J connectivity index is 1.30. The highest BCUT2D eigenvalue weighted by Crippen LogP contribution is 2.32. The van der Waals surface area contributed by atoms with Crippen molar-refractivity contribution in [2.24, 2.45) is 11.8 Å². The molecule has 3 aliphatic rings. The van der Waals surface area contributed by atoms with Gasteiger partial charge in [0.2, 0.25) is 11.8 Å². The lowest BCUT2D eigenvalue weighted by Crippen LogP contribution is -2.52. The number of hydrogen-bond donors (Lipinski definition) is 0. The van der Waals surface area contributed by atoms with Crippen LogP contribution in [0.3, 0.4) is 0 Å². The number of nitrogens with zero attached hydrogens (tertiary/aromatic N) is 3. The summed E-state index contributed by atoms with van der Waals surface area (Å²) in [5.41, 5.74) is 0. The van der Waals surface area contributed by atoms with Crippen molar-refractivity contribution >= 4 is 11.8 Å². The Bertz CT molecular complexity index is 622. The zero-order valence-corrected chi connectivity index (χ0v) is 14.9. The first-order valence-corrected chi connectivity index (χ1v) is 9.41. The Morgan fingerprint density at radius 2 is 2.04 bits per heavy atom. The minimum atomic E-state index is 0.131. The molecule has 1 aromatic rings. The molecule has 0 aliphatic carbocycles. The summed E-state index contributed by atoms with van der Waals surface area (Å²) in [6.45, 7) is 4.24. The Hall–Kier alpha value is -1.82. The fourth-order valence-electron chi connectivity index (χ4n) is 4.63. The first-order valence-electron chi connectivity index (χ1n) is 9.41. The second-order valence-corrected chi connectivity index (χ2v) is 7.74. The molecule has 3 fully saturated rings. The number of carbonyl (C=O) groups excluding carboxylic acids is 2. The fourth-order valence-corrected chi connectivity index (χ4v) is 4.63. The fraction of sp³-hybridized carbons (Fsp3) is 0.684. The molecule has 3 saturated heterocycles. The molecule has 25 heavy (non-hydrogen) atoms. The lowest BCUT2D eigenvalue weighted by Gasteiger charge is -2.40. The van der Waals surface area contributed by atoms with Crippen LogP contribution in [-0.2, 0) is 16.1 Å². The van der Waals surface area contributed by atoms with Crippen molar-refractivity contribution in [1.82, 2.24) is 14.7 Å². The van der Waals surface area contributed by atoms with Crippen molar-refractivity contribution in [2.75, 3.05) is 33.2 Å². The summed E-state index contributed by atoms with van der Waals surface area (Å²) in [6.07, 6.45) is 5.16. The van der Waals surface area contributed by atoms with Crippen LogP contribution in [0.2, 0.25) is 0 Å². The number of rotatable bonds is 3. The van der Waals surface area contributed by atoms with Crippen LogP contribution in [0, 0.1) is 11.8 Å². The van der Waals surface area contributed by atoms with Gasteiger partial charge in [0.1, 0.15) is 5.76 Å². The third-order valence-electron chi connectivity index (χ3n) is 6.26. The van der Waals surface area contributed by atoms with E-state index < -0.39 is 0 Å². The van der Waals surface area contributed by atoms with Crippen molar-refractivity contribution in [3.63, 3.8) is 0 Å². The zero-order valence-electron chi connectivity index (χ0n) is 14.9. The third-order valence-corrected chi connectivity index (χ3v) is 6.26. The summed E-state index contributed by atoms with van der Waals surface area (Å²) < 4.78 is 5.42. The van der Waals surface area contributed by atoms with Gasteiger partial charge in [-0.3, -0.25) is 14.5 Å². The number of likely N-dealkylation sites (tertiary alicyclic amines) is 3.